The summed E-state index contributed by atoms with van der Waals surface area (Å²) in [6.07, 6.45) is 0. The van der Waals surface area contributed by atoms with E-state index in [9.17, 15) is 18.4 Å². The molecule has 1 amide bonds. The monoisotopic (exact) mass is 403 g/mol. The number of aromatic amines is 1. The third-order valence-corrected chi connectivity index (χ3v) is 4.52. The zero-order valence-corrected chi connectivity index (χ0v) is 15.5. The number of aromatic nitrogens is 2. The van der Waals surface area contributed by atoms with Crippen molar-refractivity contribution in [2.45, 2.75) is 0 Å². The van der Waals surface area contributed by atoms with E-state index in [1.165, 1.54) is 6.07 Å². The number of anilines is 1. The Labute approximate surface area is 170 Å². The molecule has 0 saturated carbocycles. The fourth-order valence-electron chi connectivity index (χ4n) is 3.15. The molecule has 0 spiro atoms. The highest BCUT2D eigenvalue weighted by molar-refractivity contribution is 6.10. The van der Waals surface area contributed by atoms with E-state index in [0.717, 1.165) is 12.1 Å². The largest absolute Gasteiger partial charge is 0.317 e. The van der Waals surface area contributed by atoms with E-state index in [-0.39, 0.29) is 11.1 Å². The van der Waals surface area contributed by atoms with Crippen molar-refractivity contribution in [3.8, 4) is 22.4 Å². The molecule has 0 aliphatic carbocycles. The lowest BCUT2D eigenvalue weighted by Gasteiger charge is -2.14. The Bertz CT molecular complexity index is 1250. The summed E-state index contributed by atoms with van der Waals surface area (Å²) in [4.78, 5) is 25.7. The molecule has 5 nitrogen and oxygen atoms in total. The zero-order chi connectivity index (χ0) is 21.1. The molecule has 0 atom stereocenters. The Morgan fingerprint density at radius 3 is 1.97 bits per heavy atom. The summed E-state index contributed by atoms with van der Waals surface area (Å²) >= 11 is 0. The van der Waals surface area contributed by atoms with E-state index in [2.05, 4.69) is 15.5 Å². The zero-order valence-electron chi connectivity index (χ0n) is 15.5. The van der Waals surface area contributed by atoms with E-state index < -0.39 is 28.8 Å². The number of nitrogens with one attached hydrogen (secondary N) is 2. The molecule has 30 heavy (non-hydrogen) atoms. The predicted octanol–water partition coefficient (Wildman–Crippen LogP) is 4.63. The van der Waals surface area contributed by atoms with Crippen LogP contribution in [-0.4, -0.2) is 16.1 Å². The minimum absolute atomic E-state index is 0.264. The normalized spacial score (nSPS) is 10.6. The van der Waals surface area contributed by atoms with Gasteiger partial charge in [0.05, 0.1) is 5.69 Å². The molecule has 0 unspecified atom stereocenters. The van der Waals surface area contributed by atoms with Gasteiger partial charge in [0.15, 0.2) is 0 Å². The SMILES string of the molecule is O=C(Nc1c(F)cccc1F)c1c(-c2ccccc2)c(-c2ccccc2)n[nH]c1=O. The Kier molecular flexibility index (Phi) is 5.17. The van der Waals surface area contributed by atoms with Crippen LogP contribution in [-0.2, 0) is 0 Å². The summed E-state index contributed by atoms with van der Waals surface area (Å²) in [5.74, 6) is -2.84. The molecule has 148 valence electrons. The first-order valence-electron chi connectivity index (χ1n) is 9.05. The summed E-state index contributed by atoms with van der Waals surface area (Å²) in [5, 5.41) is 8.65. The first-order chi connectivity index (χ1) is 14.6. The second-order valence-corrected chi connectivity index (χ2v) is 6.43. The molecular weight excluding hydrogens is 388 g/mol. The highest BCUT2D eigenvalue weighted by Gasteiger charge is 2.24. The van der Waals surface area contributed by atoms with Crippen molar-refractivity contribution < 1.29 is 13.6 Å². The van der Waals surface area contributed by atoms with Crippen LogP contribution in [0.25, 0.3) is 22.4 Å². The number of carbonyl (C=O) groups excluding carboxylic acids is 1. The molecule has 2 N–H and O–H groups in total. The quantitative estimate of drug-likeness (QED) is 0.522. The number of hydrogen-bond acceptors (Lipinski definition) is 3. The van der Waals surface area contributed by atoms with Gasteiger partial charge in [0.25, 0.3) is 11.5 Å². The molecule has 4 rings (SSSR count). The third-order valence-electron chi connectivity index (χ3n) is 4.52. The van der Waals surface area contributed by atoms with E-state index >= 15 is 0 Å². The Balaban J connectivity index is 1.93. The lowest BCUT2D eigenvalue weighted by molar-refractivity contribution is 0.102. The van der Waals surface area contributed by atoms with Gasteiger partial charge in [-0.1, -0.05) is 66.7 Å². The number of H-pyrrole nitrogens is 1. The van der Waals surface area contributed by atoms with Gasteiger partial charge in [0.1, 0.15) is 22.9 Å². The van der Waals surface area contributed by atoms with Crippen LogP contribution in [0.4, 0.5) is 14.5 Å². The van der Waals surface area contributed by atoms with Crippen LogP contribution in [0.1, 0.15) is 10.4 Å². The minimum atomic E-state index is -0.946. The van der Waals surface area contributed by atoms with Gasteiger partial charge in [-0.3, -0.25) is 9.59 Å². The number of para-hydroxylation sites is 1. The van der Waals surface area contributed by atoms with E-state index in [0.29, 0.717) is 16.8 Å². The predicted molar refractivity (Wildman–Crippen MR) is 110 cm³/mol. The van der Waals surface area contributed by atoms with E-state index in [1.54, 1.807) is 54.6 Å². The van der Waals surface area contributed by atoms with Crippen molar-refractivity contribution in [3.63, 3.8) is 0 Å². The fourth-order valence-corrected chi connectivity index (χ4v) is 3.15. The van der Waals surface area contributed by atoms with E-state index in [4.69, 9.17) is 0 Å². The molecular formula is C23H15F2N3O2. The number of benzene rings is 3. The van der Waals surface area contributed by atoms with Gasteiger partial charge >= 0.3 is 0 Å². The van der Waals surface area contributed by atoms with Crippen LogP contribution < -0.4 is 10.9 Å². The maximum absolute atomic E-state index is 14.0. The smallest absolute Gasteiger partial charge is 0.277 e. The molecule has 4 aromatic rings. The molecule has 0 radical (unpaired) electrons. The number of hydrogen-bond donors (Lipinski definition) is 2. The minimum Gasteiger partial charge on any atom is -0.317 e. The van der Waals surface area contributed by atoms with Gasteiger partial charge in [0.2, 0.25) is 0 Å². The number of nitrogens with zero attached hydrogens (tertiary/aromatic N) is 1. The number of halogens is 2. The lowest BCUT2D eigenvalue weighted by atomic mass is 9.95. The molecule has 0 bridgehead atoms. The van der Waals surface area contributed by atoms with Gasteiger partial charge in [-0.15, -0.1) is 0 Å². The molecule has 0 aliphatic heterocycles. The summed E-state index contributed by atoms with van der Waals surface area (Å²) in [7, 11) is 0. The average molecular weight is 403 g/mol. The van der Waals surface area contributed by atoms with Gasteiger partial charge in [-0.25, -0.2) is 13.9 Å². The van der Waals surface area contributed by atoms with Crippen LogP contribution in [0.3, 0.4) is 0 Å². The van der Waals surface area contributed by atoms with Crippen LogP contribution in [0.2, 0.25) is 0 Å². The highest BCUT2D eigenvalue weighted by atomic mass is 19.1. The third kappa shape index (κ3) is 3.60. The average Bonchev–Trinajstić information content (AvgIpc) is 2.77. The molecule has 3 aromatic carbocycles. The highest BCUT2D eigenvalue weighted by Crippen LogP contribution is 2.32. The maximum Gasteiger partial charge on any atom is 0.277 e. The molecule has 1 heterocycles. The Hall–Kier alpha value is -4.13. The Morgan fingerprint density at radius 1 is 0.800 bits per heavy atom. The van der Waals surface area contributed by atoms with Crippen molar-refractivity contribution in [2.75, 3.05) is 5.32 Å². The van der Waals surface area contributed by atoms with Crippen molar-refractivity contribution in [2.24, 2.45) is 0 Å². The van der Waals surface area contributed by atoms with E-state index in [1.807, 2.05) is 6.07 Å². The van der Waals surface area contributed by atoms with Crippen molar-refractivity contribution in [1.29, 1.82) is 0 Å². The first-order valence-corrected chi connectivity index (χ1v) is 9.05. The van der Waals surface area contributed by atoms with Crippen LogP contribution in [0.5, 0.6) is 0 Å². The molecule has 0 aliphatic rings. The number of carbonyl (C=O) groups is 1. The van der Waals surface area contributed by atoms with Crippen molar-refractivity contribution in [3.05, 3.63) is 106 Å². The standard InChI is InChI=1S/C23H15F2N3O2/c24-16-12-7-13-17(25)21(16)26-22(29)19-18(14-8-3-1-4-9-14)20(27-28-23(19)30)15-10-5-2-6-11-15/h1-13H,(H,26,29)(H,28,30). The van der Waals surface area contributed by atoms with Crippen LogP contribution >= 0.6 is 0 Å². The molecule has 1 aromatic heterocycles. The Morgan fingerprint density at radius 2 is 1.37 bits per heavy atom. The summed E-state index contributed by atoms with van der Waals surface area (Å²) in [6.45, 7) is 0. The maximum atomic E-state index is 14.0. The van der Waals surface area contributed by atoms with Crippen LogP contribution in [0.15, 0.2) is 83.7 Å². The summed E-state index contributed by atoms with van der Waals surface area (Å²) in [6, 6.07) is 21.0. The van der Waals surface area contributed by atoms with Crippen molar-refractivity contribution >= 4 is 11.6 Å². The second kappa shape index (κ2) is 8.08. The fraction of sp³-hybridized carbons (Fsp3) is 0. The van der Waals surface area contributed by atoms with Crippen molar-refractivity contribution in [1.82, 2.24) is 10.2 Å². The van der Waals surface area contributed by atoms with Crippen LogP contribution in [0, 0.1) is 11.6 Å². The molecule has 0 saturated heterocycles. The molecule has 0 fully saturated rings. The lowest BCUT2D eigenvalue weighted by Crippen LogP contribution is -2.26. The topological polar surface area (TPSA) is 74.8 Å². The van der Waals surface area contributed by atoms with Gasteiger partial charge in [-0.2, -0.15) is 5.10 Å². The second-order valence-electron chi connectivity index (χ2n) is 6.43. The number of rotatable bonds is 4. The summed E-state index contributed by atoms with van der Waals surface area (Å²) < 4.78 is 28.1. The summed E-state index contributed by atoms with van der Waals surface area (Å²) in [5.41, 5.74) is 0.160. The van der Waals surface area contributed by atoms with Gasteiger partial charge in [-0.05, 0) is 17.7 Å². The molecule has 7 heteroatoms. The van der Waals surface area contributed by atoms with Gasteiger partial charge in [0, 0.05) is 11.1 Å². The van der Waals surface area contributed by atoms with Gasteiger partial charge < -0.3 is 5.32 Å². The first kappa shape index (κ1) is 19.2. The number of amides is 1.